The molecule has 4 atom stereocenters. The molecule has 0 fully saturated rings. The number of aliphatic hydroxyl groups is 2. The Kier molecular flexibility index (Phi) is 4.96. The van der Waals surface area contributed by atoms with Gasteiger partial charge in [-0.1, -0.05) is 30.7 Å². The predicted molar refractivity (Wildman–Crippen MR) is 71.7 cm³/mol. The minimum absolute atomic E-state index is 0.385. The smallest absolute Gasteiger partial charge is 0.106 e. The topological polar surface area (TPSA) is 40.5 Å². The third kappa shape index (κ3) is 4.29. The molecule has 2 heteroatoms. The second-order valence-electron chi connectivity index (χ2n) is 5.84. The second-order valence-corrected chi connectivity index (χ2v) is 5.84. The van der Waals surface area contributed by atoms with Crippen LogP contribution >= 0.6 is 0 Å². The zero-order valence-electron chi connectivity index (χ0n) is 11.5. The van der Waals surface area contributed by atoms with E-state index in [0.29, 0.717) is 18.3 Å². The lowest BCUT2D eigenvalue weighted by Crippen LogP contribution is -2.42. The molecule has 0 aromatic heterocycles. The van der Waals surface area contributed by atoms with Crippen LogP contribution in [-0.2, 0) is 0 Å². The van der Waals surface area contributed by atoms with Gasteiger partial charge in [0.05, 0.1) is 6.10 Å². The fourth-order valence-corrected chi connectivity index (χ4v) is 2.28. The number of rotatable bonds is 4. The van der Waals surface area contributed by atoms with Crippen LogP contribution < -0.4 is 0 Å². The molecule has 0 heterocycles. The largest absolute Gasteiger partial charge is 0.390 e. The summed E-state index contributed by atoms with van der Waals surface area (Å²) in [6.07, 6.45) is 8.34. The first-order chi connectivity index (χ1) is 7.83. The van der Waals surface area contributed by atoms with E-state index in [1.807, 2.05) is 0 Å². The minimum Gasteiger partial charge on any atom is -0.390 e. The normalized spacial score (nSPS) is 34.5. The molecule has 0 amide bonds. The number of aliphatic hydroxyl groups excluding tert-OH is 1. The fourth-order valence-electron chi connectivity index (χ4n) is 2.28. The van der Waals surface area contributed by atoms with E-state index in [-0.39, 0.29) is 0 Å². The molecule has 0 saturated heterocycles. The monoisotopic (exact) mass is 238 g/mol. The predicted octanol–water partition coefficient (Wildman–Crippen LogP) is 3.06. The molecule has 1 unspecified atom stereocenters. The molecule has 0 radical (unpaired) electrons. The van der Waals surface area contributed by atoms with Gasteiger partial charge in [-0.25, -0.2) is 0 Å². The van der Waals surface area contributed by atoms with Gasteiger partial charge in [0.1, 0.15) is 5.60 Å². The summed E-state index contributed by atoms with van der Waals surface area (Å²) in [6.45, 7) is 8.12. The van der Waals surface area contributed by atoms with Crippen LogP contribution in [0.3, 0.4) is 0 Å². The summed E-state index contributed by atoms with van der Waals surface area (Å²) in [5.41, 5.74) is 0.315. The summed E-state index contributed by atoms with van der Waals surface area (Å²) in [6, 6.07) is 0. The molecule has 1 aliphatic carbocycles. The second kappa shape index (κ2) is 5.83. The minimum atomic E-state index is -1.05. The molecule has 0 bridgehead atoms. The van der Waals surface area contributed by atoms with E-state index in [1.54, 1.807) is 13.0 Å². The summed E-state index contributed by atoms with van der Waals surface area (Å²) in [5.74, 6) is 0.934. The zero-order valence-corrected chi connectivity index (χ0v) is 11.5. The molecule has 2 nitrogen and oxygen atoms in total. The van der Waals surface area contributed by atoms with Gasteiger partial charge in [-0.2, -0.15) is 0 Å². The van der Waals surface area contributed by atoms with E-state index in [4.69, 9.17) is 0 Å². The van der Waals surface area contributed by atoms with Gasteiger partial charge < -0.3 is 10.2 Å². The molecule has 0 aromatic carbocycles. The molecule has 98 valence electrons. The Bertz CT molecular complexity index is 298. The van der Waals surface area contributed by atoms with Crippen LogP contribution in [0.1, 0.15) is 47.0 Å². The van der Waals surface area contributed by atoms with Gasteiger partial charge in [0.2, 0.25) is 0 Å². The highest BCUT2D eigenvalue weighted by atomic mass is 16.3. The van der Waals surface area contributed by atoms with Crippen LogP contribution in [0.15, 0.2) is 23.8 Å². The van der Waals surface area contributed by atoms with Crippen LogP contribution in [0, 0.1) is 11.8 Å². The van der Waals surface area contributed by atoms with Crippen molar-refractivity contribution in [2.24, 2.45) is 11.8 Å². The molecule has 0 aromatic rings. The Hall–Kier alpha value is -0.600. The highest BCUT2D eigenvalue weighted by Gasteiger charge is 2.34. The van der Waals surface area contributed by atoms with Crippen molar-refractivity contribution in [2.45, 2.75) is 58.7 Å². The van der Waals surface area contributed by atoms with Crippen molar-refractivity contribution in [1.29, 1.82) is 0 Å². The number of allylic oxidation sites excluding steroid dienone is 3. The number of hydrogen-bond acceptors (Lipinski definition) is 2. The summed E-state index contributed by atoms with van der Waals surface area (Å²) >= 11 is 0. The standard InChI is InChI=1S/C15H26O2/c1-11(2)6-5-7-12(3)13-8-9-15(4,17)14(16)10-13/h6,8-9,12-14,16-17H,5,7,10H2,1-4H3/t12-,13?,14-,15-/m0/s1. The van der Waals surface area contributed by atoms with Crippen molar-refractivity contribution in [3.63, 3.8) is 0 Å². The molecule has 17 heavy (non-hydrogen) atoms. The van der Waals surface area contributed by atoms with Crippen molar-refractivity contribution >= 4 is 0 Å². The fraction of sp³-hybridized carbons (Fsp3) is 0.733. The SMILES string of the molecule is CC(C)=CCC[C@H](C)C1C=C[C@](C)(O)[C@@H](O)C1. The Balaban J connectivity index is 2.49. The van der Waals surface area contributed by atoms with Gasteiger partial charge in [-0.05, 0) is 51.9 Å². The van der Waals surface area contributed by atoms with Gasteiger partial charge in [-0.15, -0.1) is 0 Å². The van der Waals surface area contributed by atoms with Gasteiger partial charge in [-0.3, -0.25) is 0 Å². The van der Waals surface area contributed by atoms with Gasteiger partial charge in [0.25, 0.3) is 0 Å². The Morgan fingerprint density at radius 2 is 2.18 bits per heavy atom. The lowest BCUT2D eigenvalue weighted by molar-refractivity contribution is -0.0455. The van der Waals surface area contributed by atoms with Crippen molar-refractivity contribution < 1.29 is 10.2 Å². The third-order valence-electron chi connectivity index (χ3n) is 3.76. The van der Waals surface area contributed by atoms with Crippen molar-refractivity contribution in [2.75, 3.05) is 0 Å². The van der Waals surface area contributed by atoms with E-state index >= 15 is 0 Å². The number of hydrogen-bond donors (Lipinski definition) is 2. The summed E-state index contributed by atoms with van der Waals surface area (Å²) in [5, 5.41) is 19.7. The average Bonchev–Trinajstić information content (AvgIpc) is 2.21. The van der Waals surface area contributed by atoms with Crippen LogP contribution in [0.5, 0.6) is 0 Å². The molecule has 0 spiro atoms. The molecule has 0 aliphatic heterocycles. The Morgan fingerprint density at radius 1 is 1.53 bits per heavy atom. The quantitative estimate of drug-likeness (QED) is 0.739. The van der Waals surface area contributed by atoms with Gasteiger partial charge in [0.15, 0.2) is 0 Å². The lowest BCUT2D eigenvalue weighted by Gasteiger charge is -2.35. The maximum atomic E-state index is 9.86. The maximum absolute atomic E-state index is 9.86. The summed E-state index contributed by atoms with van der Waals surface area (Å²) in [7, 11) is 0. The first kappa shape index (κ1) is 14.5. The molecular weight excluding hydrogens is 212 g/mol. The first-order valence-electron chi connectivity index (χ1n) is 6.56. The van der Waals surface area contributed by atoms with Crippen LogP contribution in [-0.4, -0.2) is 21.9 Å². The molecular formula is C15H26O2. The molecule has 1 aliphatic rings. The lowest BCUT2D eigenvalue weighted by atomic mass is 9.77. The Labute approximate surface area is 105 Å². The first-order valence-corrected chi connectivity index (χ1v) is 6.56. The molecule has 1 rings (SSSR count). The van der Waals surface area contributed by atoms with E-state index in [9.17, 15) is 10.2 Å². The van der Waals surface area contributed by atoms with Crippen LogP contribution in [0.2, 0.25) is 0 Å². The summed E-state index contributed by atoms with van der Waals surface area (Å²) in [4.78, 5) is 0. The van der Waals surface area contributed by atoms with Gasteiger partial charge in [0, 0.05) is 0 Å². The van der Waals surface area contributed by atoms with Crippen molar-refractivity contribution in [3.05, 3.63) is 23.8 Å². The Morgan fingerprint density at radius 3 is 2.71 bits per heavy atom. The highest BCUT2D eigenvalue weighted by Crippen LogP contribution is 2.32. The van der Waals surface area contributed by atoms with Crippen molar-refractivity contribution in [1.82, 2.24) is 0 Å². The van der Waals surface area contributed by atoms with E-state index in [2.05, 4.69) is 32.9 Å². The maximum Gasteiger partial charge on any atom is 0.106 e. The third-order valence-corrected chi connectivity index (χ3v) is 3.76. The van der Waals surface area contributed by atoms with Crippen LogP contribution in [0.4, 0.5) is 0 Å². The van der Waals surface area contributed by atoms with Crippen molar-refractivity contribution in [3.8, 4) is 0 Å². The molecule has 0 saturated carbocycles. The average molecular weight is 238 g/mol. The van der Waals surface area contributed by atoms with E-state index < -0.39 is 11.7 Å². The zero-order chi connectivity index (χ0) is 13.1. The van der Waals surface area contributed by atoms with E-state index in [0.717, 1.165) is 12.8 Å². The summed E-state index contributed by atoms with van der Waals surface area (Å²) < 4.78 is 0. The molecule has 2 N–H and O–H groups in total. The van der Waals surface area contributed by atoms with Crippen LogP contribution in [0.25, 0.3) is 0 Å². The van der Waals surface area contributed by atoms with Gasteiger partial charge >= 0.3 is 0 Å². The van der Waals surface area contributed by atoms with E-state index in [1.165, 1.54) is 5.57 Å². The highest BCUT2D eigenvalue weighted by molar-refractivity contribution is 5.11.